The maximum atomic E-state index is 12.7. The first-order valence-electron chi connectivity index (χ1n) is 9.67. The topological polar surface area (TPSA) is 90.3 Å². The molecule has 30 heavy (non-hydrogen) atoms. The molecule has 3 heterocycles. The Hall–Kier alpha value is -3.74. The van der Waals surface area contributed by atoms with E-state index in [0.29, 0.717) is 29.7 Å². The summed E-state index contributed by atoms with van der Waals surface area (Å²) in [5.74, 6) is -0.151. The molecule has 0 aliphatic carbocycles. The van der Waals surface area contributed by atoms with Gasteiger partial charge < -0.3 is 14.6 Å². The molecule has 0 saturated carbocycles. The largest absolute Gasteiger partial charge is 0.454 e. The van der Waals surface area contributed by atoms with Gasteiger partial charge in [0, 0.05) is 35.3 Å². The third-order valence-corrected chi connectivity index (χ3v) is 5.18. The Morgan fingerprint density at radius 2 is 1.97 bits per heavy atom. The summed E-state index contributed by atoms with van der Waals surface area (Å²) in [6.07, 6.45) is 2.65. The van der Waals surface area contributed by atoms with E-state index in [9.17, 15) is 14.4 Å². The first-order valence-corrected chi connectivity index (χ1v) is 9.67. The van der Waals surface area contributed by atoms with Gasteiger partial charge in [0.25, 0.3) is 0 Å². The number of pyridine rings is 1. The average Bonchev–Trinajstić information content (AvgIpc) is 3.06. The van der Waals surface area contributed by atoms with Crippen LogP contribution < -0.4 is 5.32 Å². The number of anilines is 1. The molecular weight excluding hydrogens is 382 g/mol. The van der Waals surface area contributed by atoms with Gasteiger partial charge >= 0.3 is 5.97 Å². The Kier molecular flexibility index (Phi) is 5.18. The van der Waals surface area contributed by atoms with Crippen molar-refractivity contribution in [2.24, 2.45) is 0 Å². The van der Waals surface area contributed by atoms with E-state index in [4.69, 9.17) is 4.74 Å². The zero-order valence-corrected chi connectivity index (χ0v) is 16.8. The molecule has 0 radical (unpaired) electrons. The number of aromatic nitrogens is 2. The molecule has 0 spiro atoms. The minimum absolute atomic E-state index is 0.0354. The zero-order valence-electron chi connectivity index (χ0n) is 16.8. The van der Waals surface area contributed by atoms with E-state index >= 15 is 0 Å². The molecule has 0 saturated heterocycles. The highest BCUT2D eigenvalue weighted by Gasteiger charge is 2.20. The predicted molar refractivity (Wildman–Crippen MR) is 111 cm³/mol. The lowest BCUT2D eigenvalue weighted by Gasteiger charge is -2.17. The van der Waals surface area contributed by atoms with Crippen molar-refractivity contribution in [3.8, 4) is 5.82 Å². The molecule has 152 valence electrons. The molecule has 1 aromatic carbocycles. The Balaban J connectivity index is 1.47. The Morgan fingerprint density at radius 1 is 1.13 bits per heavy atom. The molecule has 7 heteroatoms. The van der Waals surface area contributed by atoms with Crippen LogP contribution in [0.4, 0.5) is 5.69 Å². The van der Waals surface area contributed by atoms with E-state index in [-0.39, 0.29) is 18.3 Å². The van der Waals surface area contributed by atoms with Crippen molar-refractivity contribution < 1.29 is 19.1 Å². The molecule has 7 nitrogen and oxygen atoms in total. The fraction of sp³-hybridized carbons (Fsp3) is 0.217. The lowest BCUT2D eigenvalue weighted by Crippen LogP contribution is -2.20. The number of fused-ring (bicyclic) bond motifs is 1. The van der Waals surface area contributed by atoms with E-state index in [0.717, 1.165) is 22.8 Å². The van der Waals surface area contributed by atoms with Crippen molar-refractivity contribution in [2.75, 3.05) is 11.9 Å². The van der Waals surface area contributed by atoms with Crippen molar-refractivity contribution in [2.45, 2.75) is 26.7 Å². The molecule has 0 atom stereocenters. The first kappa shape index (κ1) is 19.6. The summed E-state index contributed by atoms with van der Waals surface area (Å²) in [7, 11) is 0. The zero-order chi connectivity index (χ0) is 21.3. The summed E-state index contributed by atoms with van der Waals surface area (Å²) in [5, 5.41) is 2.77. The number of benzene rings is 1. The quantitative estimate of drug-likeness (QED) is 0.521. The van der Waals surface area contributed by atoms with Gasteiger partial charge in [-0.1, -0.05) is 6.07 Å². The standard InChI is InChI=1S/C23H21N3O4/c1-14-11-18(15(2)26(14)21-5-3-4-10-24-21)20(27)13-30-23(29)17-6-8-19-16(12-17)7-9-22(28)25-19/h3-6,8,10-12H,7,9,13H2,1-2H3,(H,25,28). The minimum Gasteiger partial charge on any atom is -0.454 e. The lowest BCUT2D eigenvalue weighted by atomic mass is 10.0. The van der Waals surface area contributed by atoms with E-state index in [1.165, 1.54) is 0 Å². The molecule has 0 unspecified atom stereocenters. The van der Waals surface area contributed by atoms with E-state index in [2.05, 4.69) is 10.3 Å². The molecule has 3 aromatic rings. The number of amides is 1. The van der Waals surface area contributed by atoms with E-state index in [1.54, 1.807) is 30.5 Å². The maximum absolute atomic E-state index is 12.7. The third-order valence-electron chi connectivity index (χ3n) is 5.18. The van der Waals surface area contributed by atoms with Crippen LogP contribution in [-0.2, 0) is 16.0 Å². The fourth-order valence-electron chi connectivity index (χ4n) is 3.69. The number of rotatable bonds is 5. The van der Waals surface area contributed by atoms with Crippen LogP contribution in [0.5, 0.6) is 0 Å². The van der Waals surface area contributed by atoms with Gasteiger partial charge in [0.1, 0.15) is 5.82 Å². The summed E-state index contributed by atoms with van der Waals surface area (Å²) in [6.45, 7) is 3.39. The van der Waals surface area contributed by atoms with Crippen LogP contribution in [0.3, 0.4) is 0 Å². The first-order chi connectivity index (χ1) is 14.4. The molecular formula is C23H21N3O4. The number of nitrogens with zero attached hydrogens (tertiary/aromatic N) is 2. The average molecular weight is 403 g/mol. The molecule has 1 aliphatic heterocycles. The second-order valence-electron chi connectivity index (χ2n) is 7.23. The number of hydrogen-bond donors (Lipinski definition) is 1. The van der Waals surface area contributed by atoms with Crippen molar-refractivity contribution in [1.82, 2.24) is 9.55 Å². The Morgan fingerprint density at radius 3 is 2.73 bits per heavy atom. The summed E-state index contributed by atoms with van der Waals surface area (Å²) in [6, 6.07) is 12.3. The van der Waals surface area contributed by atoms with E-state index in [1.807, 2.05) is 36.6 Å². The van der Waals surface area contributed by atoms with Gasteiger partial charge in [-0.2, -0.15) is 0 Å². The van der Waals surface area contributed by atoms with Crippen LogP contribution in [0.2, 0.25) is 0 Å². The second-order valence-corrected chi connectivity index (χ2v) is 7.23. The van der Waals surface area contributed by atoms with Gasteiger partial charge in [0.2, 0.25) is 11.7 Å². The van der Waals surface area contributed by atoms with Gasteiger partial charge in [0.15, 0.2) is 6.61 Å². The number of nitrogens with one attached hydrogen (secondary N) is 1. The maximum Gasteiger partial charge on any atom is 0.338 e. The van der Waals surface area contributed by atoms with Crippen LogP contribution in [0.25, 0.3) is 5.82 Å². The third kappa shape index (κ3) is 3.74. The van der Waals surface area contributed by atoms with Gasteiger partial charge in [-0.05, 0) is 62.2 Å². The van der Waals surface area contributed by atoms with Crippen LogP contribution in [0.15, 0.2) is 48.7 Å². The van der Waals surface area contributed by atoms with Crippen molar-refractivity contribution in [3.05, 3.63) is 76.7 Å². The monoisotopic (exact) mass is 403 g/mol. The van der Waals surface area contributed by atoms with Gasteiger partial charge in [-0.15, -0.1) is 0 Å². The van der Waals surface area contributed by atoms with Crippen molar-refractivity contribution in [1.29, 1.82) is 0 Å². The highest BCUT2D eigenvalue weighted by atomic mass is 16.5. The smallest absolute Gasteiger partial charge is 0.338 e. The summed E-state index contributed by atoms with van der Waals surface area (Å²) < 4.78 is 7.16. The predicted octanol–water partition coefficient (Wildman–Crippen LogP) is 3.41. The van der Waals surface area contributed by atoms with Crippen LogP contribution in [-0.4, -0.2) is 33.8 Å². The van der Waals surface area contributed by atoms with Crippen LogP contribution in [0, 0.1) is 13.8 Å². The number of hydrogen-bond acceptors (Lipinski definition) is 5. The Bertz CT molecular complexity index is 1150. The summed E-state index contributed by atoms with van der Waals surface area (Å²) in [5.41, 5.74) is 4.07. The molecule has 0 bridgehead atoms. The lowest BCUT2D eigenvalue weighted by molar-refractivity contribution is -0.116. The number of esters is 1. The molecule has 0 fully saturated rings. The van der Waals surface area contributed by atoms with Gasteiger partial charge in [-0.3, -0.25) is 9.59 Å². The fourth-order valence-corrected chi connectivity index (χ4v) is 3.69. The minimum atomic E-state index is -0.568. The van der Waals surface area contributed by atoms with Gasteiger partial charge in [-0.25, -0.2) is 9.78 Å². The summed E-state index contributed by atoms with van der Waals surface area (Å²) in [4.78, 5) is 40.9. The molecule has 2 aromatic heterocycles. The van der Waals surface area contributed by atoms with Gasteiger partial charge in [0.05, 0.1) is 5.56 Å². The SMILES string of the molecule is Cc1cc(C(=O)COC(=O)c2ccc3c(c2)CCC(=O)N3)c(C)n1-c1ccccn1. The molecule has 1 amide bonds. The Labute approximate surface area is 173 Å². The van der Waals surface area contributed by atoms with Crippen molar-refractivity contribution >= 4 is 23.3 Å². The van der Waals surface area contributed by atoms with E-state index < -0.39 is 5.97 Å². The number of carbonyl (C=O) groups excluding carboxylic acids is 3. The molecule has 1 N–H and O–H groups in total. The highest BCUT2D eigenvalue weighted by Crippen LogP contribution is 2.24. The number of aryl methyl sites for hydroxylation is 2. The van der Waals surface area contributed by atoms with Crippen LogP contribution in [0.1, 0.15) is 44.1 Å². The number of carbonyl (C=O) groups is 3. The number of ether oxygens (including phenoxy) is 1. The number of ketones is 1. The highest BCUT2D eigenvalue weighted by molar-refractivity contribution is 6.01. The normalized spacial score (nSPS) is 12.8. The summed E-state index contributed by atoms with van der Waals surface area (Å²) >= 11 is 0. The number of Topliss-reactive ketones (excluding diaryl/α,β-unsaturated/α-hetero) is 1. The molecule has 1 aliphatic rings. The molecule has 4 rings (SSSR count). The second kappa shape index (κ2) is 7.94. The van der Waals surface area contributed by atoms with Crippen LogP contribution >= 0.6 is 0 Å². The van der Waals surface area contributed by atoms with Crippen molar-refractivity contribution in [3.63, 3.8) is 0 Å².